The van der Waals surface area contributed by atoms with Crippen LogP contribution in [0.15, 0.2) is 53.9 Å². The van der Waals surface area contributed by atoms with Crippen molar-refractivity contribution < 1.29 is 14.3 Å². The molecule has 6 nitrogen and oxygen atoms in total. The number of hydrogen-bond donors (Lipinski definition) is 2. The summed E-state index contributed by atoms with van der Waals surface area (Å²) in [6.45, 7) is 4.68. The predicted molar refractivity (Wildman–Crippen MR) is 123 cm³/mol. The van der Waals surface area contributed by atoms with Crippen LogP contribution in [0.5, 0.6) is 5.75 Å². The molecule has 0 saturated heterocycles. The molecular weight excluding hydrogens is 410 g/mol. The van der Waals surface area contributed by atoms with Crippen LogP contribution >= 0.6 is 11.3 Å². The van der Waals surface area contributed by atoms with Gasteiger partial charge in [0.1, 0.15) is 10.8 Å². The van der Waals surface area contributed by atoms with Gasteiger partial charge < -0.3 is 15.4 Å². The van der Waals surface area contributed by atoms with E-state index in [9.17, 15) is 9.59 Å². The minimum absolute atomic E-state index is 0.0430. The van der Waals surface area contributed by atoms with Crippen molar-refractivity contribution in [2.75, 3.05) is 13.7 Å². The summed E-state index contributed by atoms with van der Waals surface area (Å²) >= 11 is 1.54. The van der Waals surface area contributed by atoms with Gasteiger partial charge in [-0.3, -0.25) is 9.59 Å². The third kappa shape index (κ3) is 6.65. The fourth-order valence-corrected chi connectivity index (χ4v) is 3.75. The third-order valence-electron chi connectivity index (χ3n) is 4.75. The van der Waals surface area contributed by atoms with Crippen molar-refractivity contribution in [2.24, 2.45) is 0 Å². The second kappa shape index (κ2) is 10.7. The molecule has 0 unspecified atom stereocenters. The molecule has 7 heteroatoms. The lowest BCUT2D eigenvalue weighted by Crippen LogP contribution is -2.25. The zero-order valence-corrected chi connectivity index (χ0v) is 18.8. The first-order chi connectivity index (χ1) is 14.9. The smallest absolute Gasteiger partial charge is 0.257 e. The lowest BCUT2D eigenvalue weighted by Gasteiger charge is -2.08. The van der Waals surface area contributed by atoms with Crippen LogP contribution < -0.4 is 15.4 Å². The second-order valence-corrected chi connectivity index (χ2v) is 8.34. The van der Waals surface area contributed by atoms with Gasteiger partial charge in [-0.1, -0.05) is 50.2 Å². The number of likely N-dealkylation sites (N-methyl/N-ethyl adjacent to an activating group) is 1. The maximum absolute atomic E-state index is 12.4. The summed E-state index contributed by atoms with van der Waals surface area (Å²) in [6, 6.07) is 15.7. The number of nitrogens with one attached hydrogen (secondary N) is 2. The maximum atomic E-state index is 12.4. The highest BCUT2D eigenvalue weighted by Gasteiger charge is 2.10. The van der Waals surface area contributed by atoms with Crippen LogP contribution in [0.2, 0.25) is 0 Å². The molecule has 1 heterocycles. The molecule has 162 valence electrons. The summed E-state index contributed by atoms with van der Waals surface area (Å²) in [5, 5.41) is 8.26. The lowest BCUT2D eigenvalue weighted by molar-refractivity contribution is -0.122. The SMILES string of the molecule is CNC(=O)COc1cccc(CNC(=O)Cc2csc(-c3ccc(C(C)C)cc3)n2)c1. The summed E-state index contributed by atoms with van der Waals surface area (Å²) < 4.78 is 5.43. The van der Waals surface area contributed by atoms with E-state index < -0.39 is 0 Å². The van der Waals surface area contributed by atoms with E-state index in [4.69, 9.17) is 4.74 Å². The van der Waals surface area contributed by atoms with Gasteiger partial charge in [0, 0.05) is 24.5 Å². The fourth-order valence-electron chi connectivity index (χ4n) is 2.93. The summed E-state index contributed by atoms with van der Waals surface area (Å²) in [5.74, 6) is 0.788. The highest BCUT2D eigenvalue weighted by Crippen LogP contribution is 2.26. The number of hydrogen-bond acceptors (Lipinski definition) is 5. The van der Waals surface area contributed by atoms with Gasteiger partial charge >= 0.3 is 0 Å². The molecule has 2 aromatic carbocycles. The Morgan fingerprint density at radius 3 is 2.58 bits per heavy atom. The predicted octanol–water partition coefficient (Wildman–Crippen LogP) is 3.92. The Hall–Kier alpha value is -3.19. The van der Waals surface area contributed by atoms with Crippen molar-refractivity contribution in [1.82, 2.24) is 15.6 Å². The van der Waals surface area contributed by atoms with Crippen molar-refractivity contribution in [3.8, 4) is 16.3 Å². The number of ether oxygens (including phenoxy) is 1. The number of nitrogens with zero attached hydrogens (tertiary/aromatic N) is 1. The summed E-state index contributed by atoms with van der Waals surface area (Å²) in [7, 11) is 1.56. The number of carbonyl (C=O) groups excluding carboxylic acids is 2. The molecule has 31 heavy (non-hydrogen) atoms. The van der Waals surface area contributed by atoms with Crippen molar-refractivity contribution >= 4 is 23.2 Å². The van der Waals surface area contributed by atoms with E-state index >= 15 is 0 Å². The van der Waals surface area contributed by atoms with E-state index in [0.29, 0.717) is 18.2 Å². The molecule has 0 aliphatic rings. The zero-order chi connectivity index (χ0) is 22.2. The van der Waals surface area contributed by atoms with Gasteiger partial charge in [-0.05, 0) is 29.2 Å². The zero-order valence-electron chi connectivity index (χ0n) is 18.0. The van der Waals surface area contributed by atoms with Crippen molar-refractivity contribution in [3.63, 3.8) is 0 Å². The Morgan fingerprint density at radius 2 is 1.87 bits per heavy atom. The van der Waals surface area contributed by atoms with E-state index in [1.54, 1.807) is 24.5 Å². The average molecular weight is 438 g/mol. The fraction of sp³-hybridized carbons (Fsp3) is 0.292. The van der Waals surface area contributed by atoms with E-state index in [0.717, 1.165) is 21.8 Å². The Morgan fingerprint density at radius 1 is 1.10 bits per heavy atom. The van der Waals surface area contributed by atoms with Crippen LogP contribution in [0.4, 0.5) is 0 Å². The molecule has 2 amide bonds. The highest BCUT2D eigenvalue weighted by atomic mass is 32.1. The largest absolute Gasteiger partial charge is 0.484 e. The van der Waals surface area contributed by atoms with Gasteiger partial charge in [0.25, 0.3) is 5.91 Å². The van der Waals surface area contributed by atoms with Crippen molar-refractivity contribution in [3.05, 3.63) is 70.7 Å². The first kappa shape index (κ1) is 22.5. The van der Waals surface area contributed by atoms with Crippen molar-refractivity contribution in [2.45, 2.75) is 32.7 Å². The van der Waals surface area contributed by atoms with Crippen LogP contribution in [0.25, 0.3) is 10.6 Å². The summed E-state index contributed by atoms with van der Waals surface area (Å²) in [5.41, 5.74) is 4.01. The molecule has 0 radical (unpaired) electrons. The molecule has 0 spiro atoms. The molecule has 0 atom stereocenters. The van der Waals surface area contributed by atoms with E-state index in [2.05, 4.69) is 53.7 Å². The summed E-state index contributed by atoms with van der Waals surface area (Å²) in [6.07, 6.45) is 0.230. The highest BCUT2D eigenvalue weighted by molar-refractivity contribution is 7.13. The first-order valence-corrected chi connectivity index (χ1v) is 11.1. The van der Waals surface area contributed by atoms with Crippen molar-refractivity contribution in [1.29, 1.82) is 0 Å². The van der Waals surface area contributed by atoms with Crippen LogP contribution in [-0.2, 0) is 22.6 Å². The first-order valence-electron chi connectivity index (χ1n) is 10.2. The molecule has 3 aromatic rings. The lowest BCUT2D eigenvalue weighted by atomic mass is 10.0. The molecule has 0 saturated carbocycles. The van der Waals surface area contributed by atoms with E-state index in [1.807, 2.05) is 23.6 Å². The molecule has 0 aliphatic heterocycles. The van der Waals surface area contributed by atoms with Gasteiger partial charge in [0.2, 0.25) is 5.91 Å². The molecule has 1 aromatic heterocycles. The Labute approximate surface area is 186 Å². The van der Waals surface area contributed by atoms with Gasteiger partial charge in [0.15, 0.2) is 6.61 Å². The van der Waals surface area contributed by atoms with Gasteiger partial charge in [-0.2, -0.15) is 0 Å². The summed E-state index contributed by atoms with van der Waals surface area (Å²) in [4.78, 5) is 28.3. The number of carbonyl (C=O) groups is 2. The topological polar surface area (TPSA) is 80.3 Å². The molecule has 2 N–H and O–H groups in total. The minimum Gasteiger partial charge on any atom is -0.484 e. The minimum atomic E-state index is -0.197. The Kier molecular flexibility index (Phi) is 7.78. The number of aromatic nitrogens is 1. The maximum Gasteiger partial charge on any atom is 0.257 e. The third-order valence-corrected chi connectivity index (χ3v) is 5.69. The van der Waals surface area contributed by atoms with Gasteiger partial charge in [0.05, 0.1) is 12.1 Å². The quantitative estimate of drug-likeness (QED) is 0.532. The van der Waals surface area contributed by atoms with Crippen LogP contribution in [0, 0.1) is 0 Å². The molecular formula is C24H27N3O3S. The van der Waals surface area contributed by atoms with E-state index in [-0.39, 0.29) is 24.8 Å². The number of rotatable bonds is 9. The normalized spacial score (nSPS) is 10.7. The molecule has 0 aliphatic carbocycles. The average Bonchev–Trinajstić information content (AvgIpc) is 3.24. The standard InChI is InChI=1S/C24H27N3O3S/c1-16(2)18-7-9-19(10-8-18)24-27-20(15-31-24)12-22(28)26-13-17-5-4-6-21(11-17)30-14-23(29)25-3/h4-11,15-16H,12-14H2,1-3H3,(H,25,29)(H,26,28). The number of thiazole rings is 1. The Balaban J connectivity index is 1.52. The van der Waals surface area contributed by atoms with Crippen LogP contribution in [-0.4, -0.2) is 30.5 Å². The van der Waals surface area contributed by atoms with Crippen LogP contribution in [0.1, 0.15) is 36.6 Å². The number of amides is 2. The number of benzene rings is 2. The monoisotopic (exact) mass is 437 g/mol. The van der Waals surface area contributed by atoms with Gasteiger partial charge in [-0.15, -0.1) is 11.3 Å². The molecule has 0 fully saturated rings. The van der Waals surface area contributed by atoms with E-state index in [1.165, 1.54) is 5.56 Å². The Bertz CT molecular complexity index is 1030. The molecule has 0 bridgehead atoms. The van der Waals surface area contributed by atoms with Crippen LogP contribution in [0.3, 0.4) is 0 Å². The second-order valence-electron chi connectivity index (χ2n) is 7.48. The van der Waals surface area contributed by atoms with Gasteiger partial charge in [-0.25, -0.2) is 4.98 Å². The molecule has 3 rings (SSSR count).